The maximum absolute atomic E-state index is 13.1. The zero-order chi connectivity index (χ0) is 17.5. The molecule has 25 heavy (non-hydrogen) atoms. The Bertz CT molecular complexity index is 698. The Morgan fingerprint density at radius 1 is 1.40 bits per heavy atom. The quantitative estimate of drug-likeness (QED) is 0.832. The van der Waals surface area contributed by atoms with Crippen molar-refractivity contribution in [3.8, 4) is 5.75 Å². The summed E-state index contributed by atoms with van der Waals surface area (Å²) >= 11 is 0. The van der Waals surface area contributed by atoms with Crippen LogP contribution in [0.15, 0.2) is 34.9 Å². The van der Waals surface area contributed by atoms with Gasteiger partial charge in [-0.3, -0.25) is 4.79 Å². The molecule has 1 aromatic carbocycles. The largest absolute Gasteiger partial charge is 0.484 e. The summed E-state index contributed by atoms with van der Waals surface area (Å²) in [5.74, 6) is -0.0508. The van der Waals surface area contributed by atoms with E-state index in [1.165, 1.54) is 24.8 Å². The first-order valence-electron chi connectivity index (χ1n) is 8.43. The Morgan fingerprint density at radius 2 is 2.32 bits per heavy atom. The van der Waals surface area contributed by atoms with Gasteiger partial charge in [-0.15, -0.1) is 0 Å². The lowest BCUT2D eigenvalue weighted by Gasteiger charge is -2.22. The van der Waals surface area contributed by atoms with Crippen molar-refractivity contribution in [2.45, 2.75) is 38.4 Å². The topological polar surface area (TPSA) is 73.6 Å². The van der Waals surface area contributed by atoms with Crippen molar-refractivity contribution < 1.29 is 23.1 Å². The number of ether oxygens (including phenoxy) is 2. The lowest BCUT2D eigenvalue weighted by molar-refractivity contribution is 0.0117. The van der Waals surface area contributed by atoms with Crippen LogP contribution < -0.4 is 10.1 Å². The zero-order valence-electron chi connectivity index (χ0n) is 13.9. The molecule has 0 aliphatic carbocycles. The molecule has 0 unspecified atom stereocenters. The third kappa shape index (κ3) is 5.29. The van der Waals surface area contributed by atoms with Gasteiger partial charge in [-0.05, 0) is 37.8 Å². The van der Waals surface area contributed by atoms with E-state index in [9.17, 15) is 9.18 Å². The average Bonchev–Trinajstić information content (AvgIpc) is 3.10. The van der Waals surface area contributed by atoms with Crippen LogP contribution in [0.5, 0.6) is 5.75 Å². The number of carbonyl (C=O) groups excluding carboxylic acids is 1. The molecule has 0 spiro atoms. The smallest absolute Gasteiger partial charge is 0.273 e. The summed E-state index contributed by atoms with van der Waals surface area (Å²) in [6.45, 7) is 1.36. The minimum absolute atomic E-state index is 0.0205. The second-order valence-corrected chi connectivity index (χ2v) is 5.91. The number of oxazole rings is 1. The lowest BCUT2D eigenvalue weighted by atomic mass is 10.1. The maximum Gasteiger partial charge on any atom is 0.273 e. The predicted octanol–water partition coefficient (Wildman–Crippen LogP) is 3.08. The number of halogens is 1. The SMILES string of the molecule is O=C(NCC[C@@H]1CCCCO1)c1coc(COc2cccc(F)c2)n1. The van der Waals surface area contributed by atoms with Crippen molar-refractivity contribution in [3.05, 3.63) is 47.9 Å². The van der Waals surface area contributed by atoms with Gasteiger partial charge in [0.2, 0.25) is 5.89 Å². The molecule has 7 heteroatoms. The Kier molecular flexibility index (Phi) is 6.00. The van der Waals surface area contributed by atoms with E-state index in [4.69, 9.17) is 13.9 Å². The van der Waals surface area contributed by atoms with Gasteiger partial charge in [0.15, 0.2) is 12.3 Å². The van der Waals surface area contributed by atoms with Crippen molar-refractivity contribution in [3.63, 3.8) is 0 Å². The summed E-state index contributed by atoms with van der Waals surface area (Å²) in [4.78, 5) is 16.1. The first kappa shape index (κ1) is 17.4. The van der Waals surface area contributed by atoms with E-state index in [-0.39, 0.29) is 36.0 Å². The standard InChI is InChI=1S/C18H21FN2O4/c19-13-4-3-6-15(10-13)24-12-17-21-16(11-25-17)18(22)20-8-7-14-5-1-2-9-23-14/h3-4,6,10-11,14H,1-2,5,7-9,12H2,(H,20,22)/t14-/m0/s1. The molecule has 134 valence electrons. The highest BCUT2D eigenvalue weighted by atomic mass is 19.1. The van der Waals surface area contributed by atoms with Crippen LogP contribution in [0.1, 0.15) is 42.1 Å². The highest BCUT2D eigenvalue weighted by molar-refractivity contribution is 5.91. The number of benzene rings is 1. The molecule has 3 rings (SSSR count). The van der Waals surface area contributed by atoms with Gasteiger partial charge in [0.25, 0.3) is 5.91 Å². The van der Waals surface area contributed by atoms with Gasteiger partial charge in [-0.1, -0.05) is 6.07 Å². The van der Waals surface area contributed by atoms with E-state index in [0.717, 1.165) is 25.9 Å². The van der Waals surface area contributed by atoms with Gasteiger partial charge in [0.1, 0.15) is 17.8 Å². The number of rotatable bonds is 7. The molecule has 1 aliphatic heterocycles. The molecule has 0 bridgehead atoms. The van der Waals surface area contributed by atoms with Crippen LogP contribution in [-0.2, 0) is 11.3 Å². The Morgan fingerprint density at radius 3 is 3.12 bits per heavy atom. The number of hydrogen-bond acceptors (Lipinski definition) is 5. The van der Waals surface area contributed by atoms with E-state index in [1.807, 2.05) is 0 Å². The fourth-order valence-corrected chi connectivity index (χ4v) is 2.66. The van der Waals surface area contributed by atoms with Crippen molar-refractivity contribution in [1.29, 1.82) is 0 Å². The van der Waals surface area contributed by atoms with Gasteiger partial charge in [-0.25, -0.2) is 9.37 Å². The van der Waals surface area contributed by atoms with E-state index >= 15 is 0 Å². The van der Waals surface area contributed by atoms with E-state index in [1.54, 1.807) is 12.1 Å². The van der Waals surface area contributed by atoms with Crippen LogP contribution in [0.3, 0.4) is 0 Å². The van der Waals surface area contributed by atoms with E-state index in [0.29, 0.717) is 12.3 Å². The van der Waals surface area contributed by atoms with Crippen LogP contribution in [-0.4, -0.2) is 30.1 Å². The Hall–Kier alpha value is -2.41. The van der Waals surface area contributed by atoms with Crippen LogP contribution >= 0.6 is 0 Å². The lowest BCUT2D eigenvalue weighted by Crippen LogP contribution is -2.29. The number of nitrogens with one attached hydrogen (secondary N) is 1. The molecule has 6 nitrogen and oxygen atoms in total. The van der Waals surface area contributed by atoms with Gasteiger partial charge in [0, 0.05) is 19.2 Å². The predicted molar refractivity (Wildman–Crippen MR) is 87.8 cm³/mol. The fourth-order valence-electron chi connectivity index (χ4n) is 2.66. The van der Waals surface area contributed by atoms with Crippen molar-refractivity contribution >= 4 is 5.91 Å². The summed E-state index contributed by atoms with van der Waals surface area (Å²) < 4.78 is 29.3. The van der Waals surface area contributed by atoms with Gasteiger partial charge < -0.3 is 19.2 Å². The molecule has 2 aromatic rings. The maximum atomic E-state index is 13.1. The van der Waals surface area contributed by atoms with Crippen LogP contribution in [0.2, 0.25) is 0 Å². The zero-order valence-corrected chi connectivity index (χ0v) is 13.9. The average molecular weight is 348 g/mol. The summed E-state index contributed by atoms with van der Waals surface area (Å²) in [5.41, 5.74) is 0.197. The third-order valence-corrected chi connectivity index (χ3v) is 3.97. The molecule has 1 aromatic heterocycles. The summed E-state index contributed by atoms with van der Waals surface area (Å²) in [6.07, 6.45) is 5.64. The minimum Gasteiger partial charge on any atom is -0.484 e. The Labute approximate surface area is 145 Å². The molecule has 1 amide bonds. The number of carbonyl (C=O) groups is 1. The number of aromatic nitrogens is 1. The second-order valence-electron chi connectivity index (χ2n) is 5.91. The molecule has 1 atom stereocenters. The second kappa shape index (κ2) is 8.62. The van der Waals surface area contributed by atoms with Crippen molar-refractivity contribution in [2.75, 3.05) is 13.2 Å². The highest BCUT2D eigenvalue weighted by Crippen LogP contribution is 2.15. The monoisotopic (exact) mass is 348 g/mol. The number of nitrogens with zero attached hydrogens (tertiary/aromatic N) is 1. The molecule has 1 N–H and O–H groups in total. The van der Waals surface area contributed by atoms with Crippen molar-refractivity contribution in [1.82, 2.24) is 10.3 Å². The molecule has 2 heterocycles. The molecule has 0 radical (unpaired) electrons. The van der Waals surface area contributed by atoms with Gasteiger partial charge in [-0.2, -0.15) is 0 Å². The molecule has 1 aliphatic rings. The highest BCUT2D eigenvalue weighted by Gasteiger charge is 2.16. The van der Waals surface area contributed by atoms with Crippen LogP contribution in [0.4, 0.5) is 4.39 Å². The van der Waals surface area contributed by atoms with E-state index < -0.39 is 0 Å². The number of hydrogen-bond donors (Lipinski definition) is 1. The van der Waals surface area contributed by atoms with Crippen molar-refractivity contribution in [2.24, 2.45) is 0 Å². The van der Waals surface area contributed by atoms with Crippen LogP contribution in [0, 0.1) is 5.82 Å². The molecule has 0 saturated carbocycles. The van der Waals surface area contributed by atoms with Gasteiger partial charge in [0.05, 0.1) is 6.10 Å². The molecule has 1 saturated heterocycles. The summed E-state index contributed by atoms with van der Waals surface area (Å²) in [7, 11) is 0. The summed E-state index contributed by atoms with van der Waals surface area (Å²) in [5, 5.41) is 2.81. The first-order chi connectivity index (χ1) is 12.2. The van der Waals surface area contributed by atoms with E-state index in [2.05, 4.69) is 10.3 Å². The Balaban J connectivity index is 1.43. The summed E-state index contributed by atoms with van der Waals surface area (Å²) in [6, 6.07) is 5.78. The first-order valence-corrected chi connectivity index (χ1v) is 8.43. The molecule has 1 fully saturated rings. The van der Waals surface area contributed by atoms with Crippen LogP contribution in [0.25, 0.3) is 0 Å². The minimum atomic E-state index is -0.382. The van der Waals surface area contributed by atoms with Gasteiger partial charge >= 0.3 is 0 Å². The normalized spacial score (nSPS) is 17.2. The number of amides is 1. The third-order valence-electron chi connectivity index (χ3n) is 3.97. The molecular formula is C18H21FN2O4. The molecular weight excluding hydrogens is 327 g/mol. The fraction of sp³-hybridized carbons (Fsp3) is 0.444.